The van der Waals surface area contributed by atoms with E-state index in [1.165, 1.54) is 205 Å². The predicted octanol–water partition coefficient (Wildman–Crippen LogP) is 14.1. The summed E-state index contributed by atoms with van der Waals surface area (Å²) in [5, 5.41) is 31.1. The molecule has 12 nitrogen and oxygen atoms in total. The van der Waals surface area contributed by atoms with Crippen molar-refractivity contribution in [2.45, 2.75) is 320 Å². The van der Waals surface area contributed by atoms with E-state index in [0.29, 0.717) is 12.8 Å². The number of hydrogen-bond donors (Lipinski definition) is 4. The molecule has 0 aromatic rings. The highest BCUT2D eigenvalue weighted by Crippen LogP contribution is 2.24. The summed E-state index contributed by atoms with van der Waals surface area (Å²) >= 11 is 0. The third kappa shape index (κ3) is 40.8. The van der Waals surface area contributed by atoms with Gasteiger partial charge in [-0.1, -0.05) is 244 Å². The van der Waals surface area contributed by atoms with Crippen LogP contribution in [-0.2, 0) is 38.7 Å². The molecule has 414 valence electrons. The maximum Gasteiger partial charge on any atom is 0.306 e. The van der Waals surface area contributed by atoms with Crippen molar-refractivity contribution in [2.75, 3.05) is 19.0 Å². The standard InChI is InChI=1S/C57H108O12S/c1-3-5-7-9-11-13-15-17-19-21-23-24-25-26-28-30-32-34-36-38-40-42-44-46-53(59)68-50(48-67-57-56(62)55(61)54(60)51(69-57)49-70(63,64)65)47-66-52(58)45-43-41-39-37-35-33-31-29-27-22-20-18-16-14-12-10-8-6-4-2/h21,23,50-51,54-57,60-62H,3-20,22,24-49H2,1-2H3,(H,63,64,65)/b23-21-. The monoisotopic (exact) mass is 1020 g/mol. The Morgan fingerprint density at radius 3 is 1.19 bits per heavy atom. The number of allylic oxidation sites excluding steroid dienone is 2. The molecule has 70 heavy (non-hydrogen) atoms. The Hall–Kier alpha value is -1.61. The zero-order valence-corrected chi connectivity index (χ0v) is 45.7. The number of carbonyl (C=O) groups excluding carboxylic acids is 2. The van der Waals surface area contributed by atoms with Crippen molar-refractivity contribution in [1.82, 2.24) is 0 Å². The summed E-state index contributed by atoms with van der Waals surface area (Å²) in [6.07, 6.45) is 45.4. The normalized spacial score (nSPS) is 19.0. The zero-order valence-electron chi connectivity index (χ0n) is 44.9. The lowest BCUT2D eigenvalue weighted by atomic mass is 10.00. The van der Waals surface area contributed by atoms with Gasteiger partial charge in [-0.3, -0.25) is 14.1 Å². The number of hydrogen-bond acceptors (Lipinski definition) is 11. The second-order valence-corrected chi connectivity index (χ2v) is 22.2. The second-order valence-electron chi connectivity index (χ2n) is 20.7. The van der Waals surface area contributed by atoms with E-state index in [1.54, 1.807) is 0 Å². The fourth-order valence-corrected chi connectivity index (χ4v) is 10.0. The Kier molecular flexibility index (Phi) is 44.7. The third-order valence-corrected chi connectivity index (χ3v) is 14.6. The van der Waals surface area contributed by atoms with Crippen molar-refractivity contribution >= 4 is 22.1 Å². The lowest BCUT2D eigenvalue weighted by Gasteiger charge is -2.40. The van der Waals surface area contributed by atoms with E-state index in [1.807, 2.05) is 0 Å². The van der Waals surface area contributed by atoms with E-state index >= 15 is 0 Å². The van der Waals surface area contributed by atoms with Crippen molar-refractivity contribution in [1.29, 1.82) is 0 Å². The smallest absolute Gasteiger partial charge is 0.306 e. The number of unbranched alkanes of at least 4 members (excludes halogenated alkanes) is 37. The lowest BCUT2D eigenvalue weighted by Crippen LogP contribution is -2.60. The summed E-state index contributed by atoms with van der Waals surface area (Å²) in [5.41, 5.74) is 0. The van der Waals surface area contributed by atoms with E-state index in [4.69, 9.17) is 18.9 Å². The Morgan fingerprint density at radius 2 is 0.814 bits per heavy atom. The van der Waals surface area contributed by atoms with Gasteiger partial charge >= 0.3 is 11.9 Å². The maximum absolute atomic E-state index is 12.9. The summed E-state index contributed by atoms with van der Waals surface area (Å²) in [6, 6.07) is 0. The molecule has 1 fully saturated rings. The molecule has 0 radical (unpaired) electrons. The van der Waals surface area contributed by atoms with Crippen molar-refractivity contribution in [3.8, 4) is 0 Å². The topological polar surface area (TPSA) is 186 Å². The average molecular weight is 1020 g/mol. The van der Waals surface area contributed by atoms with Gasteiger partial charge in [0.25, 0.3) is 10.1 Å². The summed E-state index contributed by atoms with van der Waals surface area (Å²) in [7, 11) is -4.60. The first-order valence-electron chi connectivity index (χ1n) is 29.2. The highest BCUT2D eigenvalue weighted by atomic mass is 32.2. The Bertz CT molecular complexity index is 1330. The van der Waals surface area contributed by atoms with Crippen LogP contribution in [0, 0.1) is 0 Å². The first-order valence-corrected chi connectivity index (χ1v) is 30.9. The molecular weight excluding hydrogens is 909 g/mol. The van der Waals surface area contributed by atoms with Gasteiger partial charge in [0.15, 0.2) is 12.4 Å². The number of aliphatic hydroxyl groups is 3. The first kappa shape index (κ1) is 66.4. The molecule has 13 heteroatoms. The van der Waals surface area contributed by atoms with Gasteiger partial charge in [-0.25, -0.2) is 0 Å². The van der Waals surface area contributed by atoms with E-state index in [2.05, 4.69) is 26.0 Å². The largest absolute Gasteiger partial charge is 0.462 e. The fraction of sp³-hybridized carbons (Fsp3) is 0.930. The van der Waals surface area contributed by atoms with Gasteiger partial charge in [0, 0.05) is 12.8 Å². The molecule has 0 aromatic heterocycles. The number of esters is 2. The van der Waals surface area contributed by atoms with Crippen molar-refractivity contribution in [3.63, 3.8) is 0 Å². The quantitative estimate of drug-likeness (QED) is 0.0196. The van der Waals surface area contributed by atoms with Crippen LogP contribution in [0.4, 0.5) is 0 Å². The molecule has 6 unspecified atom stereocenters. The van der Waals surface area contributed by atoms with Gasteiger partial charge in [0.1, 0.15) is 36.8 Å². The molecule has 1 aliphatic rings. The molecule has 0 spiro atoms. The van der Waals surface area contributed by atoms with Gasteiger partial charge < -0.3 is 34.3 Å². The van der Waals surface area contributed by atoms with Crippen LogP contribution in [0.5, 0.6) is 0 Å². The number of rotatable bonds is 51. The van der Waals surface area contributed by atoms with Gasteiger partial charge in [0.2, 0.25) is 0 Å². The molecule has 1 heterocycles. The number of carbonyl (C=O) groups is 2. The Labute approximate surface area is 428 Å². The van der Waals surface area contributed by atoms with Crippen LogP contribution in [0.1, 0.15) is 284 Å². The fourth-order valence-electron chi connectivity index (χ4n) is 9.32. The summed E-state index contributed by atoms with van der Waals surface area (Å²) < 4.78 is 54.4. The zero-order chi connectivity index (χ0) is 51.2. The van der Waals surface area contributed by atoms with Crippen LogP contribution in [0.2, 0.25) is 0 Å². The molecule has 4 N–H and O–H groups in total. The van der Waals surface area contributed by atoms with Crippen LogP contribution in [0.3, 0.4) is 0 Å². The second kappa shape index (κ2) is 47.1. The molecule has 6 atom stereocenters. The van der Waals surface area contributed by atoms with Crippen LogP contribution in [0.25, 0.3) is 0 Å². The molecule has 1 aliphatic heterocycles. The van der Waals surface area contributed by atoms with Gasteiger partial charge in [0.05, 0.1) is 6.61 Å². The summed E-state index contributed by atoms with van der Waals surface area (Å²) in [5.74, 6) is -1.96. The number of ether oxygens (including phenoxy) is 4. The molecule has 1 saturated heterocycles. The van der Waals surface area contributed by atoms with Crippen LogP contribution in [-0.4, -0.2) is 96.0 Å². The number of aliphatic hydroxyl groups excluding tert-OH is 3. The molecular formula is C57H108O12S. The van der Waals surface area contributed by atoms with E-state index in [-0.39, 0.29) is 19.4 Å². The minimum atomic E-state index is -4.60. The molecule has 0 amide bonds. The van der Waals surface area contributed by atoms with Gasteiger partial charge in [-0.15, -0.1) is 0 Å². The summed E-state index contributed by atoms with van der Waals surface area (Å²) in [6.45, 7) is 3.83. The SMILES string of the molecule is CCCCCCCCCC/C=C\CCCCCCCCCCCCCC(=O)OC(COC(=O)CCCCCCCCCCCCCCCCCCCCC)COC1OC(CS(=O)(=O)O)C(O)C(O)C1O. The maximum atomic E-state index is 12.9. The average Bonchev–Trinajstić information content (AvgIpc) is 3.33. The molecule has 0 aliphatic carbocycles. The molecule has 0 bridgehead atoms. The minimum absolute atomic E-state index is 0.169. The van der Waals surface area contributed by atoms with Crippen LogP contribution < -0.4 is 0 Å². The van der Waals surface area contributed by atoms with Crippen LogP contribution in [0.15, 0.2) is 12.2 Å². The van der Waals surface area contributed by atoms with Crippen molar-refractivity contribution in [2.24, 2.45) is 0 Å². The van der Waals surface area contributed by atoms with E-state index in [0.717, 1.165) is 38.5 Å². The Morgan fingerprint density at radius 1 is 0.471 bits per heavy atom. The predicted molar refractivity (Wildman–Crippen MR) is 284 cm³/mol. The Balaban J connectivity index is 2.29. The molecule has 0 saturated carbocycles. The highest BCUT2D eigenvalue weighted by molar-refractivity contribution is 7.85. The van der Waals surface area contributed by atoms with E-state index in [9.17, 15) is 37.9 Å². The minimum Gasteiger partial charge on any atom is -0.462 e. The van der Waals surface area contributed by atoms with Gasteiger partial charge in [-0.05, 0) is 38.5 Å². The first-order chi connectivity index (χ1) is 34.0. The van der Waals surface area contributed by atoms with Gasteiger partial charge in [-0.2, -0.15) is 8.42 Å². The van der Waals surface area contributed by atoms with Crippen molar-refractivity contribution < 1.29 is 56.8 Å². The van der Waals surface area contributed by atoms with E-state index < -0.39 is 71.2 Å². The summed E-state index contributed by atoms with van der Waals surface area (Å²) in [4.78, 5) is 25.6. The molecule has 1 rings (SSSR count). The highest BCUT2D eigenvalue weighted by Gasteiger charge is 2.46. The van der Waals surface area contributed by atoms with Crippen molar-refractivity contribution in [3.05, 3.63) is 12.2 Å². The molecule has 0 aromatic carbocycles. The third-order valence-electron chi connectivity index (χ3n) is 13.8. The van der Waals surface area contributed by atoms with Crippen LogP contribution >= 0.6 is 0 Å². The lowest BCUT2D eigenvalue weighted by molar-refractivity contribution is -0.297.